The Morgan fingerprint density at radius 2 is 2.23 bits per heavy atom. The molecule has 0 heterocycles. The number of hydrogen-bond acceptors (Lipinski definition) is 1. The van der Waals surface area contributed by atoms with Crippen molar-refractivity contribution < 1.29 is 4.79 Å². The number of alkyl halides is 1. The fraction of sp³-hybridized carbons (Fsp3) is 0.0909. The van der Waals surface area contributed by atoms with Gasteiger partial charge >= 0.3 is 0 Å². The maximum Gasteiger partial charge on any atom is 0.173 e. The molecule has 0 radical (unpaired) electrons. The predicted octanol–water partition coefficient (Wildman–Crippen LogP) is 3.06. The summed E-state index contributed by atoms with van der Waals surface area (Å²) in [7, 11) is 0. The molecule has 1 nitrogen and oxygen atoms in total. The molecule has 0 saturated carbocycles. The Hall–Kier alpha value is -1.11. The first-order chi connectivity index (χ1) is 6.29. The lowest BCUT2D eigenvalue weighted by Crippen LogP contribution is -2.01. The zero-order valence-electron chi connectivity index (χ0n) is 7.09. The standard InChI is InChI=1S/C11H9BrO/c1-2-5-9-6-3-4-7-10(9)11(13)8-12/h3-7H,1,8H2. The minimum atomic E-state index is 0.0714. The number of ketones is 1. The highest BCUT2D eigenvalue weighted by Gasteiger charge is 2.06. The maximum atomic E-state index is 11.4. The summed E-state index contributed by atoms with van der Waals surface area (Å²) in [4.78, 5) is 11.4. The first-order valence-electron chi connectivity index (χ1n) is 3.83. The summed E-state index contributed by atoms with van der Waals surface area (Å²) in [6.07, 6.45) is 1.70. The molecule has 0 N–H and O–H groups in total. The van der Waals surface area contributed by atoms with Crippen LogP contribution < -0.4 is 0 Å². The molecule has 13 heavy (non-hydrogen) atoms. The molecule has 1 rings (SSSR count). The summed E-state index contributed by atoms with van der Waals surface area (Å²) in [6, 6.07) is 7.39. The summed E-state index contributed by atoms with van der Waals surface area (Å²) in [5.41, 5.74) is 4.23. The molecule has 1 aromatic rings. The lowest BCUT2D eigenvalue weighted by Gasteiger charge is -2.00. The molecular formula is C11H9BrO. The van der Waals surface area contributed by atoms with Crippen molar-refractivity contribution >= 4 is 27.8 Å². The first-order valence-corrected chi connectivity index (χ1v) is 4.95. The molecule has 0 aliphatic rings. The van der Waals surface area contributed by atoms with Gasteiger partial charge in [0.1, 0.15) is 0 Å². The van der Waals surface area contributed by atoms with Crippen LogP contribution in [0.4, 0.5) is 0 Å². The molecule has 1 aromatic carbocycles. The Labute approximate surface area is 85.9 Å². The average Bonchev–Trinajstić information content (AvgIpc) is 2.18. The van der Waals surface area contributed by atoms with E-state index in [0.717, 1.165) is 5.56 Å². The lowest BCUT2D eigenvalue weighted by atomic mass is 10.0. The first kappa shape index (κ1) is 9.97. The minimum Gasteiger partial charge on any atom is -0.293 e. The summed E-state index contributed by atoms with van der Waals surface area (Å²) in [5, 5.41) is 0.342. The normalized spacial score (nSPS) is 9.00. The van der Waals surface area contributed by atoms with Crippen LogP contribution in [0, 0.1) is 0 Å². The number of hydrogen-bond donors (Lipinski definition) is 0. The van der Waals surface area contributed by atoms with Gasteiger partial charge in [-0.3, -0.25) is 4.79 Å². The van der Waals surface area contributed by atoms with Crippen LogP contribution in [0.5, 0.6) is 0 Å². The van der Waals surface area contributed by atoms with Crippen molar-refractivity contribution in [2.24, 2.45) is 0 Å². The Morgan fingerprint density at radius 3 is 2.85 bits per heavy atom. The van der Waals surface area contributed by atoms with E-state index in [1.165, 1.54) is 0 Å². The number of carbonyl (C=O) groups excluding carboxylic acids is 1. The molecule has 0 atom stereocenters. The third-order valence-electron chi connectivity index (χ3n) is 1.64. The molecule has 0 spiro atoms. The topological polar surface area (TPSA) is 17.1 Å². The highest BCUT2D eigenvalue weighted by atomic mass is 79.9. The van der Waals surface area contributed by atoms with Crippen molar-refractivity contribution in [2.45, 2.75) is 0 Å². The van der Waals surface area contributed by atoms with Crippen LogP contribution in [0.25, 0.3) is 6.08 Å². The zero-order valence-corrected chi connectivity index (χ0v) is 8.67. The molecule has 0 unspecified atom stereocenters. The number of halogens is 1. The second-order valence-corrected chi connectivity index (χ2v) is 3.05. The predicted molar refractivity (Wildman–Crippen MR) is 58.2 cm³/mol. The Balaban J connectivity index is 3.18. The van der Waals surface area contributed by atoms with Crippen LogP contribution in [0.1, 0.15) is 15.9 Å². The van der Waals surface area contributed by atoms with E-state index in [0.29, 0.717) is 10.9 Å². The highest BCUT2D eigenvalue weighted by molar-refractivity contribution is 9.09. The van der Waals surface area contributed by atoms with Gasteiger partial charge in [0.25, 0.3) is 0 Å². The van der Waals surface area contributed by atoms with Crippen LogP contribution in [-0.2, 0) is 0 Å². The molecular weight excluding hydrogens is 228 g/mol. The van der Waals surface area contributed by atoms with E-state index in [1.807, 2.05) is 18.2 Å². The molecule has 0 fully saturated rings. The van der Waals surface area contributed by atoms with Gasteiger partial charge in [0.2, 0.25) is 0 Å². The van der Waals surface area contributed by atoms with E-state index in [-0.39, 0.29) is 5.78 Å². The van der Waals surface area contributed by atoms with Crippen molar-refractivity contribution in [1.29, 1.82) is 0 Å². The molecule has 0 aromatic heterocycles. The van der Waals surface area contributed by atoms with Gasteiger partial charge in [-0.2, -0.15) is 0 Å². The van der Waals surface area contributed by atoms with Gasteiger partial charge in [-0.1, -0.05) is 46.8 Å². The third-order valence-corrected chi connectivity index (χ3v) is 2.15. The van der Waals surface area contributed by atoms with Gasteiger partial charge in [0, 0.05) is 5.56 Å². The fourth-order valence-electron chi connectivity index (χ4n) is 1.06. The summed E-state index contributed by atoms with van der Waals surface area (Å²) < 4.78 is 0. The van der Waals surface area contributed by atoms with Crippen molar-refractivity contribution in [1.82, 2.24) is 0 Å². The molecule has 0 bridgehead atoms. The van der Waals surface area contributed by atoms with Gasteiger partial charge in [-0.15, -0.1) is 5.73 Å². The second-order valence-electron chi connectivity index (χ2n) is 2.49. The molecule has 0 amide bonds. The summed E-state index contributed by atoms with van der Waals surface area (Å²) >= 11 is 3.14. The Morgan fingerprint density at radius 1 is 1.54 bits per heavy atom. The van der Waals surface area contributed by atoms with Crippen molar-refractivity contribution in [3.05, 3.63) is 47.7 Å². The number of benzene rings is 1. The molecule has 0 saturated heterocycles. The number of carbonyl (C=O) groups is 1. The Kier molecular flexibility index (Phi) is 3.69. The smallest absolute Gasteiger partial charge is 0.173 e. The van der Waals surface area contributed by atoms with Crippen molar-refractivity contribution in [3.8, 4) is 0 Å². The monoisotopic (exact) mass is 236 g/mol. The van der Waals surface area contributed by atoms with Crippen LogP contribution in [-0.4, -0.2) is 11.1 Å². The van der Waals surface area contributed by atoms with Gasteiger partial charge in [-0.25, -0.2) is 0 Å². The van der Waals surface area contributed by atoms with Gasteiger partial charge in [-0.05, 0) is 11.6 Å². The summed E-state index contributed by atoms with van der Waals surface area (Å²) in [6.45, 7) is 3.48. The summed E-state index contributed by atoms with van der Waals surface area (Å²) in [5.74, 6) is 0.0714. The molecule has 66 valence electrons. The number of Topliss-reactive ketones (excluding diaryl/α,β-unsaturated/α-hetero) is 1. The number of rotatable bonds is 3. The SMILES string of the molecule is C=C=Cc1ccccc1C(=O)CBr. The van der Waals surface area contributed by atoms with Crippen LogP contribution >= 0.6 is 15.9 Å². The minimum absolute atomic E-state index is 0.0714. The quantitative estimate of drug-likeness (QED) is 0.448. The van der Waals surface area contributed by atoms with E-state index in [9.17, 15) is 4.79 Å². The van der Waals surface area contributed by atoms with Crippen LogP contribution in [0.2, 0.25) is 0 Å². The fourth-order valence-corrected chi connectivity index (χ4v) is 1.36. The van der Waals surface area contributed by atoms with E-state index in [4.69, 9.17) is 0 Å². The molecule has 0 aliphatic carbocycles. The van der Waals surface area contributed by atoms with Crippen LogP contribution in [0.3, 0.4) is 0 Å². The maximum absolute atomic E-state index is 11.4. The van der Waals surface area contributed by atoms with Crippen molar-refractivity contribution in [3.63, 3.8) is 0 Å². The second kappa shape index (κ2) is 4.80. The van der Waals surface area contributed by atoms with Crippen molar-refractivity contribution in [2.75, 3.05) is 5.33 Å². The average molecular weight is 237 g/mol. The highest BCUT2D eigenvalue weighted by Crippen LogP contribution is 2.11. The van der Waals surface area contributed by atoms with Gasteiger partial charge in [0.15, 0.2) is 5.78 Å². The lowest BCUT2D eigenvalue weighted by molar-refractivity contribution is 0.102. The van der Waals surface area contributed by atoms with Gasteiger partial charge < -0.3 is 0 Å². The Bertz CT molecular complexity index is 362. The van der Waals surface area contributed by atoms with Crippen LogP contribution in [0.15, 0.2) is 36.6 Å². The van der Waals surface area contributed by atoms with E-state index in [2.05, 4.69) is 28.2 Å². The van der Waals surface area contributed by atoms with Gasteiger partial charge in [0.05, 0.1) is 5.33 Å². The zero-order chi connectivity index (χ0) is 9.68. The molecule has 2 heteroatoms. The van der Waals surface area contributed by atoms with E-state index >= 15 is 0 Å². The molecule has 0 aliphatic heterocycles. The van der Waals surface area contributed by atoms with E-state index < -0.39 is 0 Å². The largest absolute Gasteiger partial charge is 0.293 e. The van der Waals surface area contributed by atoms with E-state index in [1.54, 1.807) is 12.1 Å². The third kappa shape index (κ3) is 2.41.